The first-order valence-electron chi connectivity index (χ1n) is 11.3. The van der Waals surface area contributed by atoms with Crippen molar-refractivity contribution in [2.24, 2.45) is 0 Å². The average molecular weight is 594 g/mol. The first-order chi connectivity index (χ1) is 20.2. The summed E-state index contributed by atoms with van der Waals surface area (Å²) in [5, 5.41) is 46.8. The van der Waals surface area contributed by atoms with E-state index < -0.39 is 104 Å². The zero-order valence-corrected chi connectivity index (χ0v) is 20.9. The Morgan fingerprint density at radius 2 is 0.605 bits per heavy atom. The van der Waals surface area contributed by atoms with Crippen LogP contribution in [0.15, 0.2) is 54.6 Å². The van der Waals surface area contributed by atoms with E-state index in [1.54, 1.807) is 0 Å². The minimum absolute atomic E-state index is 0.766. The molecule has 16 heteroatoms. The van der Waals surface area contributed by atoms with Crippen LogP contribution >= 0.6 is 0 Å². The summed E-state index contributed by atoms with van der Waals surface area (Å²) < 4.78 is 9.17. The third kappa shape index (κ3) is 6.22. The summed E-state index contributed by atoms with van der Waals surface area (Å²) in [5.74, 6) is -16.2. The Kier molecular flexibility index (Phi) is 8.75. The molecule has 43 heavy (non-hydrogen) atoms. The molecular weight excluding hydrogens is 580 g/mol. The van der Waals surface area contributed by atoms with E-state index in [4.69, 9.17) is 0 Å². The van der Waals surface area contributed by atoms with Crippen LogP contribution in [-0.2, 0) is 9.47 Å². The lowest BCUT2D eigenvalue weighted by Crippen LogP contribution is -2.24. The molecule has 16 nitrogen and oxygen atoms in total. The van der Waals surface area contributed by atoms with Gasteiger partial charge in [0.1, 0.15) is 0 Å². The molecule has 218 valence electrons. The number of benzene rings is 3. The third-order valence-corrected chi connectivity index (χ3v) is 5.55. The van der Waals surface area contributed by atoms with Gasteiger partial charge >= 0.3 is 53.7 Å². The predicted octanol–water partition coefficient (Wildman–Crippen LogP) is 2.17. The van der Waals surface area contributed by atoms with Gasteiger partial charge in [0.05, 0.1) is 50.1 Å². The Hall–Kier alpha value is -6.71. The molecule has 0 aliphatic heterocycles. The number of carboxylic acid groups (broad SMARTS) is 5. The number of carbonyl (C=O) groups excluding carboxylic acids is 4. The normalized spacial score (nSPS) is 10.2. The number of carbonyl (C=O) groups is 9. The van der Waals surface area contributed by atoms with Crippen LogP contribution in [0.4, 0.5) is 0 Å². The molecule has 3 aromatic carbocycles. The second-order valence-corrected chi connectivity index (χ2v) is 8.06. The quantitative estimate of drug-likeness (QED) is 0.175. The Morgan fingerprint density at radius 1 is 0.349 bits per heavy atom. The van der Waals surface area contributed by atoms with Gasteiger partial charge in [-0.05, 0) is 36.4 Å². The first kappa shape index (κ1) is 30.8. The molecule has 0 fully saturated rings. The maximum absolute atomic E-state index is 13.0. The van der Waals surface area contributed by atoms with Gasteiger partial charge in [0.25, 0.3) is 0 Å². The van der Waals surface area contributed by atoms with Crippen molar-refractivity contribution in [1.29, 1.82) is 0 Å². The number of esters is 4. The van der Waals surface area contributed by atoms with Crippen LogP contribution in [0.25, 0.3) is 0 Å². The van der Waals surface area contributed by atoms with E-state index in [9.17, 15) is 68.7 Å². The number of aromatic carboxylic acids is 5. The summed E-state index contributed by atoms with van der Waals surface area (Å²) in [6.45, 7) is 0. The van der Waals surface area contributed by atoms with E-state index >= 15 is 0 Å². The fourth-order valence-electron chi connectivity index (χ4n) is 3.77. The molecule has 0 unspecified atom stereocenters. The molecular formula is C27H14O16. The summed E-state index contributed by atoms with van der Waals surface area (Å²) in [7, 11) is 0. The zero-order valence-electron chi connectivity index (χ0n) is 20.9. The van der Waals surface area contributed by atoms with Crippen LogP contribution in [0, 0.1) is 0 Å². The molecule has 3 aromatic rings. The highest BCUT2D eigenvalue weighted by Gasteiger charge is 2.32. The molecule has 0 bridgehead atoms. The van der Waals surface area contributed by atoms with E-state index in [0.29, 0.717) is 0 Å². The van der Waals surface area contributed by atoms with E-state index in [0.717, 1.165) is 54.6 Å². The van der Waals surface area contributed by atoms with Crippen molar-refractivity contribution in [3.63, 3.8) is 0 Å². The van der Waals surface area contributed by atoms with Gasteiger partial charge in [0.15, 0.2) is 0 Å². The Bertz CT molecular complexity index is 1780. The average Bonchev–Trinajstić information content (AvgIpc) is 2.95. The predicted molar refractivity (Wildman–Crippen MR) is 134 cm³/mol. The number of hydrogen-bond donors (Lipinski definition) is 5. The molecule has 0 amide bonds. The van der Waals surface area contributed by atoms with E-state index in [1.165, 1.54) is 0 Å². The van der Waals surface area contributed by atoms with Crippen molar-refractivity contribution in [3.8, 4) is 0 Å². The minimum Gasteiger partial charge on any atom is -0.478 e. The van der Waals surface area contributed by atoms with Crippen LogP contribution in [0.2, 0.25) is 0 Å². The van der Waals surface area contributed by atoms with Crippen molar-refractivity contribution < 1.29 is 78.2 Å². The molecule has 0 aliphatic rings. The van der Waals surface area contributed by atoms with E-state index in [2.05, 4.69) is 9.47 Å². The van der Waals surface area contributed by atoms with Gasteiger partial charge in [-0.3, -0.25) is 0 Å². The topological polar surface area (TPSA) is 273 Å². The maximum atomic E-state index is 13.0. The van der Waals surface area contributed by atoms with Gasteiger partial charge in [0.2, 0.25) is 0 Å². The lowest BCUT2D eigenvalue weighted by Gasteiger charge is -2.13. The van der Waals surface area contributed by atoms with Gasteiger partial charge in [-0.1, -0.05) is 18.2 Å². The Morgan fingerprint density at radius 3 is 0.907 bits per heavy atom. The lowest BCUT2D eigenvalue weighted by molar-refractivity contribution is 0.0351. The van der Waals surface area contributed by atoms with Crippen molar-refractivity contribution in [3.05, 3.63) is 105 Å². The maximum Gasteiger partial charge on any atom is 0.347 e. The fraction of sp³-hybridized carbons (Fsp3) is 0. The van der Waals surface area contributed by atoms with Crippen molar-refractivity contribution in [2.75, 3.05) is 0 Å². The minimum atomic E-state index is -1.89. The van der Waals surface area contributed by atoms with Gasteiger partial charge in [0, 0.05) is 0 Å². The SMILES string of the molecule is O=C(O)c1cccc(C(=O)OC(=O)c2cccc(C(=O)O)c2C(=O)OC(=O)c2cccc(C(=O)O)c2C(=O)O)c1C(=O)O. The summed E-state index contributed by atoms with van der Waals surface area (Å²) in [5.41, 5.74) is -8.73. The Balaban J connectivity index is 2.05. The molecule has 0 atom stereocenters. The van der Waals surface area contributed by atoms with Crippen molar-refractivity contribution in [1.82, 2.24) is 0 Å². The van der Waals surface area contributed by atoms with Crippen LogP contribution in [0.5, 0.6) is 0 Å². The molecule has 0 radical (unpaired) electrons. The third-order valence-electron chi connectivity index (χ3n) is 5.55. The van der Waals surface area contributed by atoms with Crippen LogP contribution in [-0.4, -0.2) is 79.3 Å². The van der Waals surface area contributed by atoms with Gasteiger partial charge < -0.3 is 35.0 Å². The zero-order chi connectivity index (χ0) is 32.2. The molecule has 0 spiro atoms. The van der Waals surface area contributed by atoms with Crippen molar-refractivity contribution >= 4 is 53.7 Å². The smallest absolute Gasteiger partial charge is 0.347 e. The number of hydrogen-bond acceptors (Lipinski definition) is 11. The van der Waals surface area contributed by atoms with Gasteiger partial charge in [-0.15, -0.1) is 0 Å². The van der Waals surface area contributed by atoms with E-state index in [-0.39, 0.29) is 0 Å². The highest BCUT2D eigenvalue weighted by molar-refractivity contribution is 6.17. The molecule has 0 heterocycles. The van der Waals surface area contributed by atoms with E-state index in [1.807, 2.05) is 0 Å². The largest absolute Gasteiger partial charge is 0.478 e. The Labute approximate surface area is 236 Å². The summed E-state index contributed by atoms with van der Waals surface area (Å²) in [6.07, 6.45) is 0. The molecule has 0 saturated heterocycles. The molecule has 3 rings (SSSR count). The summed E-state index contributed by atoms with van der Waals surface area (Å²) in [4.78, 5) is 109. The monoisotopic (exact) mass is 594 g/mol. The molecule has 0 saturated carbocycles. The number of ether oxygens (including phenoxy) is 2. The second kappa shape index (κ2) is 12.2. The highest BCUT2D eigenvalue weighted by atomic mass is 16.6. The van der Waals surface area contributed by atoms with Crippen molar-refractivity contribution in [2.45, 2.75) is 0 Å². The standard InChI is InChI=1S/C27H14O16/c28-19(29)10-4-1-7-13(16(10)22(34)35)24(38)42-26(40)15-9-3-6-12(21(32)33)18(15)27(41)43-25(39)14-8-2-5-11(20(30)31)17(14)23(36)37/h1-9H,(H,28,29)(H,30,31)(H,32,33)(H,34,35)(H,36,37). The lowest BCUT2D eigenvalue weighted by atomic mass is 9.99. The molecule has 0 aromatic heterocycles. The molecule has 0 aliphatic carbocycles. The summed E-state index contributed by atoms with van der Waals surface area (Å²) >= 11 is 0. The molecule has 5 N–H and O–H groups in total. The van der Waals surface area contributed by atoms with Gasteiger partial charge in [-0.2, -0.15) is 0 Å². The van der Waals surface area contributed by atoms with Gasteiger partial charge in [-0.25, -0.2) is 43.2 Å². The summed E-state index contributed by atoms with van der Waals surface area (Å²) in [6, 6.07) is 7.73. The number of carboxylic acids is 5. The van der Waals surface area contributed by atoms with Crippen LogP contribution in [0.3, 0.4) is 0 Å². The first-order valence-corrected chi connectivity index (χ1v) is 11.3. The fourth-order valence-corrected chi connectivity index (χ4v) is 3.77. The highest BCUT2D eigenvalue weighted by Crippen LogP contribution is 2.23. The van der Waals surface area contributed by atoms with Crippen LogP contribution in [0.1, 0.15) is 93.2 Å². The number of rotatable bonds is 9. The second-order valence-electron chi connectivity index (χ2n) is 8.06. The van der Waals surface area contributed by atoms with Crippen LogP contribution < -0.4 is 0 Å².